The van der Waals surface area contributed by atoms with Gasteiger partial charge in [-0.3, -0.25) is 9.59 Å². The second-order valence-corrected chi connectivity index (χ2v) is 22.9. The van der Waals surface area contributed by atoms with E-state index in [1.54, 1.807) is 12.2 Å². The van der Waals surface area contributed by atoms with Crippen molar-refractivity contribution in [2.24, 2.45) is 0 Å². The summed E-state index contributed by atoms with van der Waals surface area (Å²) in [5.41, 5.74) is 0. The van der Waals surface area contributed by atoms with Gasteiger partial charge in [0.1, 0.15) is 24.4 Å². The van der Waals surface area contributed by atoms with E-state index in [1.807, 2.05) is 12.2 Å². The number of ether oxygens (including phenoxy) is 3. The Hall–Kier alpha value is -2.38. The molecule has 78 heavy (non-hydrogen) atoms. The molecule has 456 valence electrons. The molecule has 0 spiro atoms. The molecule has 1 fully saturated rings. The van der Waals surface area contributed by atoms with Gasteiger partial charge in [0.15, 0.2) is 12.4 Å². The van der Waals surface area contributed by atoms with Gasteiger partial charge in [0.05, 0.1) is 25.4 Å². The van der Waals surface area contributed by atoms with Gasteiger partial charge in [0.25, 0.3) is 0 Å². The summed E-state index contributed by atoms with van der Waals surface area (Å²) in [6.45, 7) is 5.75. The third-order valence-corrected chi connectivity index (χ3v) is 15.5. The Morgan fingerprint density at radius 1 is 0.500 bits per heavy atom. The summed E-state index contributed by atoms with van der Waals surface area (Å²) in [4.78, 5) is 26.5. The average molecular weight is 1100 g/mol. The van der Waals surface area contributed by atoms with Crippen molar-refractivity contribution < 1.29 is 49.3 Å². The number of unbranched alkanes of at least 4 members (excludes halogenated alkanes) is 37. The van der Waals surface area contributed by atoms with Crippen molar-refractivity contribution in [2.45, 2.75) is 352 Å². The molecular weight excluding hydrogens is 979 g/mol. The van der Waals surface area contributed by atoms with Gasteiger partial charge in [0.2, 0.25) is 5.91 Å². The molecule has 6 N–H and O–H groups in total. The number of hydrogen-bond acceptors (Lipinski definition) is 10. The molecule has 0 aromatic rings. The second kappa shape index (κ2) is 55.2. The predicted molar refractivity (Wildman–Crippen MR) is 324 cm³/mol. The summed E-state index contributed by atoms with van der Waals surface area (Å²) in [5, 5.41) is 56.8. The molecule has 0 bridgehead atoms. The molecule has 1 amide bonds. The van der Waals surface area contributed by atoms with E-state index in [9.17, 15) is 35.1 Å². The molecule has 0 radical (unpaired) electrons. The molecule has 0 saturated carbocycles. The predicted octanol–water partition coefficient (Wildman–Crippen LogP) is 16.0. The van der Waals surface area contributed by atoms with E-state index in [1.165, 1.54) is 212 Å². The fourth-order valence-electron chi connectivity index (χ4n) is 10.2. The molecule has 1 rings (SSSR count). The first-order valence-corrected chi connectivity index (χ1v) is 32.9. The molecule has 0 aliphatic carbocycles. The third kappa shape index (κ3) is 42.5. The topological polar surface area (TPSA) is 175 Å². The van der Waals surface area contributed by atoms with Crippen LogP contribution in [0.15, 0.2) is 48.6 Å². The highest BCUT2D eigenvalue weighted by molar-refractivity contribution is 5.81. The Bertz CT molecular complexity index is 1450. The summed E-state index contributed by atoms with van der Waals surface area (Å²) in [6, 6.07) is -1.05. The minimum atomic E-state index is -1.62. The smallest absolute Gasteiger partial charge is 0.306 e. The molecule has 11 nitrogen and oxygen atoms in total. The number of carbonyl (C=O) groups is 2. The van der Waals surface area contributed by atoms with Crippen molar-refractivity contribution >= 4 is 11.9 Å². The lowest BCUT2D eigenvalue weighted by Gasteiger charge is -2.41. The largest absolute Gasteiger partial charge is 0.454 e. The van der Waals surface area contributed by atoms with E-state index < -0.39 is 67.4 Å². The van der Waals surface area contributed by atoms with Gasteiger partial charge >= 0.3 is 5.97 Å². The summed E-state index contributed by atoms with van der Waals surface area (Å²) in [6.07, 6.45) is 57.6. The lowest BCUT2D eigenvalue weighted by molar-refractivity contribution is -0.305. The molecule has 0 aromatic heterocycles. The Balaban J connectivity index is 2.58. The Morgan fingerprint density at radius 3 is 1.32 bits per heavy atom. The second-order valence-electron chi connectivity index (χ2n) is 22.9. The van der Waals surface area contributed by atoms with Crippen LogP contribution in [0.1, 0.15) is 303 Å². The Labute approximate surface area is 478 Å². The highest BCUT2D eigenvalue weighted by atomic mass is 16.7. The molecule has 8 atom stereocenters. The minimum absolute atomic E-state index is 0.0832. The van der Waals surface area contributed by atoms with Gasteiger partial charge in [-0.1, -0.05) is 275 Å². The van der Waals surface area contributed by atoms with Crippen LogP contribution < -0.4 is 5.32 Å². The number of aliphatic hydroxyl groups is 5. The third-order valence-electron chi connectivity index (χ3n) is 15.5. The number of nitrogens with one attached hydrogen (secondary N) is 1. The standard InChI is InChI=1S/C67H123NO10/c1-4-7-10-13-16-19-22-25-26-27-28-29-30-31-32-33-34-35-36-37-40-43-46-49-52-55-62(72)78-65-64(74)63(73)61(56-69)77-67(65)76-57-58(59(70)53-50-47-44-41-38-23-20-17-14-11-8-5-2)68-66(75)60(71)54-51-48-45-42-39-24-21-18-15-12-9-6-3/h25-26,39,42,48,50-51,53,58-61,63-65,67,69-71,73-74H,4-24,27-38,40-41,43-47,49,52,54-57H2,1-3H3,(H,68,75)/b26-25+,42-39-,51-48+,53-50+. The van der Waals surface area contributed by atoms with E-state index in [0.717, 1.165) is 44.9 Å². The normalized spacial score (nSPS) is 19.2. The molecule has 0 aromatic carbocycles. The molecule has 1 aliphatic rings. The minimum Gasteiger partial charge on any atom is -0.454 e. The molecule has 8 unspecified atom stereocenters. The molecule has 1 aliphatic heterocycles. The van der Waals surface area contributed by atoms with Crippen LogP contribution >= 0.6 is 0 Å². The number of esters is 1. The fraction of sp³-hybridized carbons (Fsp3) is 0.851. The molecule has 11 heteroatoms. The average Bonchev–Trinajstić information content (AvgIpc) is 3.45. The number of aliphatic hydroxyl groups excluding tert-OH is 5. The van der Waals surface area contributed by atoms with Crippen LogP contribution in [0.2, 0.25) is 0 Å². The fourth-order valence-corrected chi connectivity index (χ4v) is 10.2. The first-order valence-electron chi connectivity index (χ1n) is 32.9. The van der Waals surface area contributed by atoms with Gasteiger partial charge < -0.3 is 45.1 Å². The zero-order chi connectivity index (χ0) is 56.8. The van der Waals surface area contributed by atoms with Crippen LogP contribution in [-0.2, 0) is 23.8 Å². The van der Waals surface area contributed by atoms with Gasteiger partial charge in [0, 0.05) is 12.8 Å². The maximum absolute atomic E-state index is 13.3. The maximum atomic E-state index is 13.3. The number of amides is 1. The van der Waals surface area contributed by atoms with Crippen LogP contribution in [0.25, 0.3) is 0 Å². The van der Waals surface area contributed by atoms with Gasteiger partial charge in [-0.25, -0.2) is 0 Å². The highest BCUT2D eigenvalue weighted by Gasteiger charge is 2.47. The monoisotopic (exact) mass is 1100 g/mol. The first-order chi connectivity index (χ1) is 38.2. The lowest BCUT2D eigenvalue weighted by Crippen LogP contribution is -2.61. The lowest BCUT2D eigenvalue weighted by atomic mass is 9.99. The van der Waals surface area contributed by atoms with Crippen molar-refractivity contribution in [3.63, 3.8) is 0 Å². The summed E-state index contributed by atoms with van der Waals surface area (Å²) < 4.78 is 17.6. The van der Waals surface area contributed by atoms with Crippen molar-refractivity contribution in [3.05, 3.63) is 48.6 Å². The zero-order valence-corrected chi connectivity index (χ0v) is 50.5. The van der Waals surface area contributed by atoms with Crippen molar-refractivity contribution in [1.29, 1.82) is 0 Å². The number of rotatable bonds is 56. The van der Waals surface area contributed by atoms with E-state index in [4.69, 9.17) is 14.2 Å². The highest BCUT2D eigenvalue weighted by Crippen LogP contribution is 2.26. The van der Waals surface area contributed by atoms with Gasteiger partial charge in [-0.15, -0.1) is 0 Å². The van der Waals surface area contributed by atoms with E-state index in [0.29, 0.717) is 12.8 Å². The number of allylic oxidation sites excluding steroid dienone is 6. The quantitative estimate of drug-likeness (QED) is 0.0195. The SMILES string of the molecule is CCCCCCCC/C=C\C/C=C/CC(O)C(=O)NC(COC1OC(CO)C(O)C(O)C1OC(=O)CCCCCCCCCCCCCCCCC/C=C/CCCCCCCC)C(O)/C=C/CCCCCCCCCCCC. The zero-order valence-electron chi connectivity index (χ0n) is 50.5. The van der Waals surface area contributed by atoms with E-state index >= 15 is 0 Å². The Morgan fingerprint density at radius 2 is 0.885 bits per heavy atom. The number of hydrogen-bond donors (Lipinski definition) is 6. The maximum Gasteiger partial charge on any atom is 0.306 e. The van der Waals surface area contributed by atoms with Gasteiger partial charge in [-0.2, -0.15) is 0 Å². The molecular formula is C67H123NO10. The summed E-state index contributed by atoms with van der Waals surface area (Å²) >= 11 is 0. The van der Waals surface area contributed by atoms with Crippen LogP contribution in [0.4, 0.5) is 0 Å². The summed E-state index contributed by atoms with van der Waals surface area (Å²) in [7, 11) is 0. The van der Waals surface area contributed by atoms with Crippen molar-refractivity contribution in [1.82, 2.24) is 5.32 Å². The van der Waals surface area contributed by atoms with E-state index in [2.05, 4.69) is 50.4 Å². The Kier molecular flexibility index (Phi) is 52.1. The number of carbonyl (C=O) groups excluding carboxylic acids is 2. The van der Waals surface area contributed by atoms with Gasteiger partial charge in [-0.05, 0) is 64.2 Å². The molecule has 1 saturated heterocycles. The van der Waals surface area contributed by atoms with Crippen LogP contribution in [-0.4, -0.2) is 99.6 Å². The van der Waals surface area contributed by atoms with E-state index in [-0.39, 0.29) is 19.4 Å². The van der Waals surface area contributed by atoms with Crippen LogP contribution in [0.5, 0.6) is 0 Å². The van der Waals surface area contributed by atoms with Crippen LogP contribution in [0, 0.1) is 0 Å². The van der Waals surface area contributed by atoms with Crippen LogP contribution in [0.3, 0.4) is 0 Å². The van der Waals surface area contributed by atoms with Crippen molar-refractivity contribution in [2.75, 3.05) is 13.2 Å². The molecule has 1 heterocycles. The first kappa shape index (κ1) is 73.6. The van der Waals surface area contributed by atoms with Crippen molar-refractivity contribution in [3.8, 4) is 0 Å². The summed E-state index contributed by atoms with van der Waals surface area (Å²) in [5.74, 6) is -1.26.